The normalized spacial score (nSPS) is 11.0. The molecule has 23 heavy (non-hydrogen) atoms. The minimum absolute atomic E-state index is 0.182. The maximum atomic E-state index is 11.7. The summed E-state index contributed by atoms with van der Waals surface area (Å²) in [4.78, 5) is 11.7. The van der Waals surface area contributed by atoms with Crippen LogP contribution < -0.4 is 10.7 Å². The molecule has 2 N–H and O–H groups in total. The SMILES string of the molecule is Cc1cc(I)ccc1NCC(=O)NN=CC=Cc1ccccc1. The second kappa shape index (κ2) is 9.09. The van der Waals surface area contributed by atoms with Crippen LogP contribution in [0.15, 0.2) is 59.7 Å². The number of halogens is 1. The minimum atomic E-state index is -0.188. The monoisotopic (exact) mass is 419 g/mol. The number of amides is 1. The van der Waals surface area contributed by atoms with E-state index < -0.39 is 0 Å². The fourth-order valence-electron chi connectivity index (χ4n) is 1.91. The summed E-state index contributed by atoms with van der Waals surface area (Å²) in [7, 11) is 0. The van der Waals surface area contributed by atoms with Crippen LogP contribution in [-0.2, 0) is 4.79 Å². The molecule has 0 atom stereocenters. The molecule has 2 aromatic rings. The van der Waals surface area contributed by atoms with Crippen molar-refractivity contribution in [3.05, 3.63) is 69.3 Å². The molecule has 5 heteroatoms. The molecule has 0 bridgehead atoms. The smallest absolute Gasteiger partial charge is 0.259 e. The molecular formula is C18H18IN3O. The zero-order valence-corrected chi connectivity index (χ0v) is 14.9. The van der Waals surface area contributed by atoms with Gasteiger partial charge in [-0.3, -0.25) is 4.79 Å². The molecule has 0 fully saturated rings. The van der Waals surface area contributed by atoms with Gasteiger partial charge < -0.3 is 5.32 Å². The van der Waals surface area contributed by atoms with Gasteiger partial charge in [0.25, 0.3) is 5.91 Å². The Labute approximate surface area is 149 Å². The fraction of sp³-hybridized carbons (Fsp3) is 0.111. The Kier molecular flexibility index (Phi) is 6.80. The Morgan fingerprint density at radius 2 is 2.00 bits per heavy atom. The second-order valence-corrected chi connectivity index (χ2v) is 6.14. The number of nitrogens with zero attached hydrogens (tertiary/aromatic N) is 1. The minimum Gasteiger partial charge on any atom is -0.376 e. The number of hydrogen-bond donors (Lipinski definition) is 2. The number of allylic oxidation sites excluding steroid dienone is 1. The third-order valence-electron chi connectivity index (χ3n) is 3.07. The van der Waals surface area contributed by atoms with Crippen molar-refractivity contribution in [2.75, 3.05) is 11.9 Å². The first-order valence-electron chi connectivity index (χ1n) is 7.19. The van der Waals surface area contributed by atoms with E-state index in [1.807, 2.05) is 55.5 Å². The Bertz CT molecular complexity index is 711. The molecular weight excluding hydrogens is 401 g/mol. The molecule has 0 aliphatic carbocycles. The predicted molar refractivity (Wildman–Crippen MR) is 104 cm³/mol. The van der Waals surface area contributed by atoms with Gasteiger partial charge >= 0.3 is 0 Å². The number of rotatable bonds is 6. The summed E-state index contributed by atoms with van der Waals surface area (Å²) in [6.45, 7) is 2.19. The van der Waals surface area contributed by atoms with Gasteiger partial charge in [-0.15, -0.1) is 0 Å². The molecule has 4 nitrogen and oxygen atoms in total. The molecule has 0 aromatic heterocycles. The van der Waals surface area contributed by atoms with Gasteiger partial charge in [-0.05, 0) is 64.9 Å². The standard InChI is InChI=1S/C18H18IN3O/c1-14-12-16(19)9-10-17(14)20-13-18(23)22-21-11-5-8-15-6-3-2-4-7-15/h2-12,20H,13H2,1H3,(H,22,23). The van der Waals surface area contributed by atoms with Gasteiger partial charge in [0.1, 0.15) is 0 Å². The number of carbonyl (C=O) groups excluding carboxylic acids is 1. The molecule has 0 spiro atoms. The zero-order valence-electron chi connectivity index (χ0n) is 12.8. The molecule has 0 unspecified atom stereocenters. The maximum absolute atomic E-state index is 11.7. The average molecular weight is 419 g/mol. The Hall–Kier alpha value is -2.15. The highest BCUT2D eigenvalue weighted by molar-refractivity contribution is 14.1. The van der Waals surface area contributed by atoms with E-state index in [9.17, 15) is 4.79 Å². The molecule has 0 aliphatic rings. The van der Waals surface area contributed by atoms with Gasteiger partial charge in [-0.1, -0.05) is 36.4 Å². The van der Waals surface area contributed by atoms with Gasteiger partial charge in [0.15, 0.2) is 0 Å². The van der Waals surface area contributed by atoms with Gasteiger partial charge in [-0.2, -0.15) is 5.10 Å². The third-order valence-corrected chi connectivity index (χ3v) is 3.74. The first-order valence-corrected chi connectivity index (χ1v) is 8.26. The van der Waals surface area contributed by atoms with Crippen LogP contribution in [0.5, 0.6) is 0 Å². The van der Waals surface area contributed by atoms with Gasteiger partial charge in [0.05, 0.1) is 6.54 Å². The van der Waals surface area contributed by atoms with Crippen molar-refractivity contribution in [1.29, 1.82) is 0 Å². The van der Waals surface area contributed by atoms with Gasteiger partial charge in [0.2, 0.25) is 0 Å². The van der Waals surface area contributed by atoms with E-state index >= 15 is 0 Å². The number of nitrogens with one attached hydrogen (secondary N) is 2. The van der Waals surface area contributed by atoms with Crippen LogP contribution >= 0.6 is 22.6 Å². The van der Waals surface area contributed by atoms with Crippen LogP contribution in [0.1, 0.15) is 11.1 Å². The Balaban J connectivity index is 1.74. The van der Waals surface area contributed by atoms with E-state index in [1.165, 1.54) is 3.57 Å². The van der Waals surface area contributed by atoms with Crippen molar-refractivity contribution >= 4 is 46.5 Å². The lowest BCUT2D eigenvalue weighted by atomic mass is 10.2. The van der Waals surface area contributed by atoms with Crippen LogP contribution in [0.25, 0.3) is 6.08 Å². The fourth-order valence-corrected chi connectivity index (χ4v) is 2.56. The first kappa shape index (κ1) is 17.2. The first-order chi connectivity index (χ1) is 11.1. The van der Waals surface area contributed by atoms with E-state index in [0.717, 1.165) is 16.8 Å². The number of aryl methyl sites for hydroxylation is 1. The number of anilines is 1. The van der Waals surface area contributed by atoms with Crippen molar-refractivity contribution in [3.8, 4) is 0 Å². The molecule has 0 radical (unpaired) electrons. The van der Waals surface area contributed by atoms with E-state index in [-0.39, 0.29) is 12.5 Å². The van der Waals surface area contributed by atoms with Crippen molar-refractivity contribution in [2.45, 2.75) is 6.92 Å². The molecule has 2 aromatic carbocycles. The van der Waals surface area contributed by atoms with Crippen molar-refractivity contribution in [1.82, 2.24) is 5.43 Å². The lowest BCUT2D eigenvalue weighted by Crippen LogP contribution is -2.25. The van der Waals surface area contributed by atoms with Crippen LogP contribution in [0.2, 0.25) is 0 Å². The van der Waals surface area contributed by atoms with Crippen molar-refractivity contribution in [2.24, 2.45) is 5.10 Å². The predicted octanol–water partition coefficient (Wildman–Crippen LogP) is 3.83. The number of hydrazone groups is 1. The quantitative estimate of drug-likeness (QED) is 0.425. The molecule has 0 heterocycles. The number of benzene rings is 2. The molecule has 0 saturated carbocycles. The van der Waals surface area contributed by atoms with Crippen LogP contribution in [-0.4, -0.2) is 18.7 Å². The highest BCUT2D eigenvalue weighted by atomic mass is 127. The van der Waals surface area contributed by atoms with E-state index in [0.29, 0.717) is 0 Å². The highest BCUT2D eigenvalue weighted by Gasteiger charge is 2.02. The molecule has 0 aliphatic heterocycles. The lowest BCUT2D eigenvalue weighted by molar-refractivity contribution is -0.119. The summed E-state index contributed by atoms with van der Waals surface area (Å²) in [6.07, 6.45) is 5.26. The maximum Gasteiger partial charge on any atom is 0.259 e. The lowest BCUT2D eigenvalue weighted by Gasteiger charge is -2.08. The zero-order chi connectivity index (χ0) is 16.5. The Morgan fingerprint density at radius 1 is 1.22 bits per heavy atom. The molecule has 2 rings (SSSR count). The average Bonchev–Trinajstić information content (AvgIpc) is 2.54. The van der Waals surface area contributed by atoms with Crippen LogP contribution in [0, 0.1) is 10.5 Å². The summed E-state index contributed by atoms with van der Waals surface area (Å²) < 4.78 is 1.17. The summed E-state index contributed by atoms with van der Waals surface area (Å²) in [6, 6.07) is 15.9. The summed E-state index contributed by atoms with van der Waals surface area (Å²) in [5.41, 5.74) is 5.63. The molecule has 1 amide bonds. The van der Waals surface area contributed by atoms with E-state index in [4.69, 9.17) is 0 Å². The second-order valence-electron chi connectivity index (χ2n) is 4.90. The summed E-state index contributed by atoms with van der Waals surface area (Å²) in [5.74, 6) is -0.188. The van der Waals surface area contributed by atoms with E-state index in [1.54, 1.807) is 12.3 Å². The highest BCUT2D eigenvalue weighted by Crippen LogP contribution is 2.17. The molecule has 0 saturated heterocycles. The Morgan fingerprint density at radius 3 is 2.74 bits per heavy atom. The van der Waals surface area contributed by atoms with E-state index in [2.05, 4.69) is 44.5 Å². The molecule has 118 valence electrons. The summed E-state index contributed by atoms with van der Waals surface area (Å²) >= 11 is 2.26. The van der Waals surface area contributed by atoms with Crippen molar-refractivity contribution < 1.29 is 4.79 Å². The number of hydrogen-bond acceptors (Lipinski definition) is 3. The van der Waals surface area contributed by atoms with Crippen molar-refractivity contribution in [3.63, 3.8) is 0 Å². The topological polar surface area (TPSA) is 53.5 Å². The van der Waals surface area contributed by atoms with Gasteiger partial charge in [-0.25, -0.2) is 5.43 Å². The number of carbonyl (C=O) groups is 1. The largest absolute Gasteiger partial charge is 0.376 e. The van der Waals surface area contributed by atoms with Crippen LogP contribution in [0.3, 0.4) is 0 Å². The third kappa shape index (κ3) is 6.23. The van der Waals surface area contributed by atoms with Gasteiger partial charge in [0, 0.05) is 15.5 Å². The summed E-state index contributed by atoms with van der Waals surface area (Å²) in [5, 5.41) is 6.98. The van der Waals surface area contributed by atoms with Crippen LogP contribution in [0.4, 0.5) is 5.69 Å².